The van der Waals surface area contributed by atoms with Crippen LogP contribution in [0.15, 0.2) is 24.3 Å². The van der Waals surface area contributed by atoms with Crippen molar-refractivity contribution in [1.29, 1.82) is 0 Å². The lowest BCUT2D eigenvalue weighted by atomic mass is 10.2. The molecule has 0 aliphatic rings. The van der Waals surface area contributed by atoms with E-state index in [2.05, 4.69) is 5.32 Å². The van der Waals surface area contributed by atoms with Crippen LogP contribution in [-0.2, 0) is 14.4 Å². The van der Waals surface area contributed by atoms with Gasteiger partial charge in [0.05, 0.1) is 0 Å². The fourth-order valence-corrected chi connectivity index (χ4v) is 1.60. The molecule has 1 aromatic carbocycles. The Morgan fingerprint density at radius 2 is 1.90 bits per heavy atom. The molecule has 0 aromatic heterocycles. The van der Waals surface area contributed by atoms with Gasteiger partial charge in [-0.3, -0.25) is 14.4 Å². The van der Waals surface area contributed by atoms with Gasteiger partial charge in [0.2, 0.25) is 5.91 Å². The van der Waals surface area contributed by atoms with Crippen LogP contribution in [0.4, 0.5) is 5.69 Å². The molecule has 0 saturated carbocycles. The number of nitrogens with one attached hydrogen (secondary N) is 1. The van der Waals surface area contributed by atoms with Gasteiger partial charge in [0.25, 0.3) is 5.91 Å². The number of primary amides is 1. The number of anilines is 1. The van der Waals surface area contributed by atoms with E-state index >= 15 is 0 Å². The SMILES string of the molecule is NC(=O)COc1cccc(NC(=O)CCCCC(=O)O)c1. The number of unbranched alkanes of at least 4 members (excludes halogenated alkanes) is 1. The smallest absolute Gasteiger partial charge is 0.303 e. The first-order chi connectivity index (χ1) is 9.97. The number of aliphatic carboxylic acids is 1. The normalized spacial score (nSPS) is 9.90. The number of carboxylic acids is 1. The van der Waals surface area contributed by atoms with E-state index in [-0.39, 0.29) is 25.4 Å². The zero-order valence-corrected chi connectivity index (χ0v) is 11.5. The van der Waals surface area contributed by atoms with Crippen LogP contribution in [0.2, 0.25) is 0 Å². The van der Waals surface area contributed by atoms with Gasteiger partial charge in [-0.15, -0.1) is 0 Å². The number of carboxylic acid groups (broad SMARTS) is 1. The van der Waals surface area contributed by atoms with Crippen molar-refractivity contribution in [3.8, 4) is 5.75 Å². The Kier molecular flexibility index (Phi) is 6.73. The van der Waals surface area contributed by atoms with E-state index in [4.69, 9.17) is 15.6 Å². The highest BCUT2D eigenvalue weighted by Crippen LogP contribution is 2.17. The molecule has 1 rings (SSSR count). The van der Waals surface area contributed by atoms with Crippen molar-refractivity contribution >= 4 is 23.5 Å². The summed E-state index contributed by atoms with van der Waals surface area (Å²) < 4.78 is 5.12. The number of amides is 2. The number of hydrogen-bond acceptors (Lipinski definition) is 4. The van der Waals surface area contributed by atoms with Gasteiger partial charge in [-0.05, 0) is 25.0 Å². The molecule has 7 nitrogen and oxygen atoms in total. The first-order valence-corrected chi connectivity index (χ1v) is 6.50. The van der Waals surface area contributed by atoms with Crippen molar-refractivity contribution in [3.63, 3.8) is 0 Å². The van der Waals surface area contributed by atoms with Crippen LogP contribution in [0.5, 0.6) is 5.75 Å². The molecule has 0 atom stereocenters. The largest absolute Gasteiger partial charge is 0.484 e. The summed E-state index contributed by atoms with van der Waals surface area (Å²) >= 11 is 0. The lowest BCUT2D eigenvalue weighted by Crippen LogP contribution is -2.20. The third kappa shape index (κ3) is 7.56. The summed E-state index contributed by atoms with van der Waals surface area (Å²) in [6.45, 7) is -0.230. The molecule has 0 aliphatic heterocycles. The molecule has 0 radical (unpaired) electrons. The quantitative estimate of drug-likeness (QED) is 0.590. The summed E-state index contributed by atoms with van der Waals surface area (Å²) in [5, 5.41) is 11.2. The third-order valence-electron chi connectivity index (χ3n) is 2.54. The molecule has 1 aromatic rings. The van der Waals surface area contributed by atoms with Gasteiger partial charge in [-0.25, -0.2) is 0 Å². The van der Waals surface area contributed by atoms with Crippen LogP contribution in [-0.4, -0.2) is 29.5 Å². The molecule has 21 heavy (non-hydrogen) atoms. The second-order valence-corrected chi connectivity index (χ2v) is 4.43. The highest BCUT2D eigenvalue weighted by atomic mass is 16.5. The summed E-state index contributed by atoms with van der Waals surface area (Å²) in [7, 11) is 0. The van der Waals surface area contributed by atoms with Crippen molar-refractivity contribution < 1.29 is 24.2 Å². The van der Waals surface area contributed by atoms with Gasteiger partial charge in [0.15, 0.2) is 6.61 Å². The number of hydrogen-bond donors (Lipinski definition) is 3. The van der Waals surface area contributed by atoms with Gasteiger partial charge in [0.1, 0.15) is 5.75 Å². The molecular formula is C14H18N2O5. The van der Waals surface area contributed by atoms with Crippen LogP contribution in [0, 0.1) is 0 Å². The monoisotopic (exact) mass is 294 g/mol. The fraction of sp³-hybridized carbons (Fsp3) is 0.357. The summed E-state index contributed by atoms with van der Waals surface area (Å²) in [4.78, 5) is 32.6. The maximum atomic E-state index is 11.7. The molecule has 2 amide bonds. The molecule has 4 N–H and O–H groups in total. The molecule has 0 unspecified atom stereocenters. The lowest BCUT2D eigenvalue weighted by molar-refractivity contribution is -0.137. The van der Waals surface area contributed by atoms with Crippen molar-refractivity contribution in [3.05, 3.63) is 24.3 Å². The number of carbonyl (C=O) groups excluding carboxylic acids is 2. The molecule has 0 saturated heterocycles. The first kappa shape index (κ1) is 16.5. The highest BCUT2D eigenvalue weighted by Gasteiger charge is 2.05. The van der Waals surface area contributed by atoms with Gasteiger partial charge < -0.3 is 20.9 Å². The second kappa shape index (κ2) is 8.57. The minimum atomic E-state index is -0.866. The number of rotatable bonds is 9. The molecule has 0 aliphatic carbocycles. The van der Waals surface area contributed by atoms with Crippen LogP contribution >= 0.6 is 0 Å². The summed E-state index contributed by atoms with van der Waals surface area (Å²) in [5.41, 5.74) is 5.51. The van der Waals surface area contributed by atoms with E-state index in [0.29, 0.717) is 24.3 Å². The molecule has 0 heterocycles. The fourth-order valence-electron chi connectivity index (χ4n) is 1.60. The standard InChI is InChI=1S/C14H18N2O5/c15-12(17)9-21-11-5-3-4-10(8-11)16-13(18)6-1-2-7-14(19)20/h3-5,8H,1-2,6-7,9H2,(H2,15,17)(H,16,18)(H,19,20). The number of ether oxygens (including phenoxy) is 1. The summed E-state index contributed by atoms with van der Waals surface area (Å²) in [6.07, 6.45) is 1.28. The lowest BCUT2D eigenvalue weighted by Gasteiger charge is -2.08. The van der Waals surface area contributed by atoms with Crippen LogP contribution < -0.4 is 15.8 Å². The topological polar surface area (TPSA) is 119 Å². The minimum Gasteiger partial charge on any atom is -0.484 e. The predicted octanol–water partition coefficient (Wildman–Crippen LogP) is 1.13. The summed E-state index contributed by atoms with van der Waals surface area (Å²) in [6, 6.07) is 6.59. The van der Waals surface area contributed by atoms with E-state index in [1.165, 1.54) is 0 Å². The van der Waals surface area contributed by atoms with Crippen molar-refractivity contribution in [2.45, 2.75) is 25.7 Å². The highest BCUT2D eigenvalue weighted by molar-refractivity contribution is 5.90. The van der Waals surface area contributed by atoms with Crippen LogP contribution in [0.25, 0.3) is 0 Å². The van der Waals surface area contributed by atoms with E-state index in [1.807, 2.05) is 0 Å². The Balaban J connectivity index is 2.39. The number of benzene rings is 1. The average molecular weight is 294 g/mol. The Bertz CT molecular complexity index is 516. The Morgan fingerprint density at radius 3 is 2.57 bits per heavy atom. The molecule has 114 valence electrons. The van der Waals surface area contributed by atoms with Crippen LogP contribution in [0.1, 0.15) is 25.7 Å². The molecule has 0 fully saturated rings. The Labute approximate surface area is 122 Å². The Hall–Kier alpha value is -2.57. The molecule has 0 spiro atoms. The molecular weight excluding hydrogens is 276 g/mol. The molecule has 7 heteroatoms. The zero-order chi connectivity index (χ0) is 15.7. The van der Waals surface area contributed by atoms with E-state index in [0.717, 1.165) is 0 Å². The first-order valence-electron chi connectivity index (χ1n) is 6.50. The molecule has 0 bridgehead atoms. The van der Waals surface area contributed by atoms with E-state index in [9.17, 15) is 14.4 Å². The van der Waals surface area contributed by atoms with Gasteiger partial charge in [-0.2, -0.15) is 0 Å². The summed E-state index contributed by atoms with van der Waals surface area (Å²) in [5.74, 6) is -1.22. The maximum absolute atomic E-state index is 11.7. The zero-order valence-electron chi connectivity index (χ0n) is 11.5. The van der Waals surface area contributed by atoms with E-state index < -0.39 is 11.9 Å². The number of nitrogens with two attached hydrogens (primary N) is 1. The Morgan fingerprint density at radius 1 is 1.19 bits per heavy atom. The maximum Gasteiger partial charge on any atom is 0.303 e. The van der Waals surface area contributed by atoms with Gasteiger partial charge >= 0.3 is 5.97 Å². The average Bonchev–Trinajstić information content (AvgIpc) is 2.41. The van der Waals surface area contributed by atoms with E-state index in [1.54, 1.807) is 24.3 Å². The van der Waals surface area contributed by atoms with Gasteiger partial charge in [-0.1, -0.05) is 6.07 Å². The predicted molar refractivity (Wildman–Crippen MR) is 75.9 cm³/mol. The van der Waals surface area contributed by atoms with Gasteiger partial charge in [0, 0.05) is 24.6 Å². The third-order valence-corrected chi connectivity index (χ3v) is 2.54. The van der Waals surface area contributed by atoms with Crippen molar-refractivity contribution in [2.24, 2.45) is 5.73 Å². The number of carbonyl (C=O) groups is 3. The second-order valence-electron chi connectivity index (χ2n) is 4.43. The van der Waals surface area contributed by atoms with Crippen molar-refractivity contribution in [2.75, 3.05) is 11.9 Å². The van der Waals surface area contributed by atoms with Crippen LogP contribution in [0.3, 0.4) is 0 Å². The van der Waals surface area contributed by atoms with Crippen molar-refractivity contribution in [1.82, 2.24) is 0 Å². The minimum absolute atomic E-state index is 0.0592.